The van der Waals surface area contributed by atoms with Gasteiger partial charge in [0.1, 0.15) is 0 Å². The van der Waals surface area contributed by atoms with Crippen LogP contribution in [-0.2, 0) is 6.54 Å². The number of alkyl halides is 3. The number of hydrogen-bond donors (Lipinski definition) is 2. The van der Waals surface area contributed by atoms with Crippen LogP contribution in [-0.4, -0.2) is 57.1 Å². The molecule has 2 rings (SSSR count). The number of guanidine groups is 1. The van der Waals surface area contributed by atoms with Gasteiger partial charge in [0.25, 0.3) is 0 Å². The highest BCUT2D eigenvalue weighted by Crippen LogP contribution is 2.32. The van der Waals surface area contributed by atoms with E-state index in [9.17, 15) is 13.2 Å². The number of hydrogen-bond acceptors (Lipinski definition) is 4. The Morgan fingerprint density at radius 1 is 1.24 bits per heavy atom. The van der Waals surface area contributed by atoms with E-state index >= 15 is 0 Å². The number of nitrogens with one attached hydrogen (secondary N) is 2. The van der Waals surface area contributed by atoms with Crippen LogP contribution in [0.1, 0.15) is 12.5 Å². The molecule has 1 heterocycles. The van der Waals surface area contributed by atoms with Crippen molar-refractivity contribution in [2.45, 2.75) is 19.6 Å². The van der Waals surface area contributed by atoms with E-state index in [0.29, 0.717) is 37.1 Å². The zero-order valence-corrected chi connectivity index (χ0v) is 14.3. The summed E-state index contributed by atoms with van der Waals surface area (Å²) in [7, 11) is 1.44. The van der Waals surface area contributed by atoms with Gasteiger partial charge in [-0.15, -0.1) is 0 Å². The summed E-state index contributed by atoms with van der Waals surface area (Å²) in [6.45, 7) is 2.91. The minimum atomic E-state index is -4.19. The summed E-state index contributed by atoms with van der Waals surface area (Å²) >= 11 is 0. The fourth-order valence-electron chi connectivity index (χ4n) is 2.30. The summed E-state index contributed by atoms with van der Waals surface area (Å²) in [5, 5.41) is 6.10. The van der Waals surface area contributed by atoms with Gasteiger partial charge in [0, 0.05) is 19.6 Å². The van der Waals surface area contributed by atoms with Crippen LogP contribution in [0.3, 0.4) is 0 Å². The molecule has 0 spiro atoms. The smallest absolute Gasteiger partial charge is 0.401 e. The molecule has 1 aliphatic rings. The molecule has 1 aromatic carbocycles. The van der Waals surface area contributed by atoms with E-state index in [1.54, 1.807) is 0 Å². The molecule has 0 unspecified atom stereocenters. The maximum atomic E-state index is 12.3. The highest BCUT2D eigenvalue weighted by molar-refractivity contribution is 5.79. The molecule has 0 aliphatic carbocycles. The fourth-order valence-corrected chi connectivity index (χ4v) is 2.30. The molecular weight excluding hydrogens is 337 g/mol. The first kappa shape index (κ1) is 19.2. The standard InChI is InChI=1S/C16H23F3N4O2/c1-3-20-15(21-6-7-23(2)10-16(17,18)19)22-9-12-4-5-13-14(8-12)25-11-24-13/h4-5,8H,3,6-7,9-11H2,1-2H3,(H2,20,21,22). The third-order valence-electron chi connectivity index (χ3n) is 3.44. The predicted octanol–water partition coefficient (Wildman–Crippen LogP) is 1.96. The van der Waals surface area contributed by atoms with E-state index in [-0.39, 0.29) is 13.3 Å². The second-order valence-corrected chi connectivity index (χ2v) is 5.66. The first-order valence-corrected chi connectivity index (χ1v) is 8.03. The highest BCUT2D eigenvalue weighted by atomic mass is 19.4. The van der Waals surface area contributed by atoms with Gasteiger partial charge in [-0.2, -0.15) is 13.2 Å². The van der Waals surface area contributed by atoms with Gasteiger partial charge in [-0.3, -0.25) is 4.90 Å². The number of ether oxygens (including phenoxy) is 2. The largest absolute Gasteiger partial charge is 0.454 e. The number of rotatable bonds is 7. The van der Waals surface area contributed by atoms with Gasteiger partial charge in [0.2, 0.25) is 6.79 Å². The van der Waals surface area contributed by atoms with Crippen LogP contribution in [0.4, 0.5) is 13.2 Å². The SMILES string of the molecule is CCNC(=NCc1ccc2c(c1)OCO2)NCCN(C)CC(F)(F)F. The van der Waals surface area contributed by atoms with Gasteiger partial charge < -0.3 is 20.1 Å². The molecule has 140 valence electrons. The minimum Gasteiger partial charge on any atom is -0.454 e. The Bertz CT molecular complexity index is 593. The average molecular weight is 360 g/mol. The zero-order chi connectivity index (χ0) is 18.3. The fraction of sp³-hybridized carbons (Fsp3) is 0.562. The molecular formula is C16H23F3N4O2. The third-order valence-corrected chi connectivity index (χ3v) is 3.44. The molecule has 0 bridgehead atoms. The van der Waals surface area contributed by atoms with Gasteiger partial charge in [0.05, 0.1) is 13.1 Å². The molecule has 1 aromatic rings. The quantitative estimate of drug-likeness (QED) is 0.575. The second-order valence-electron chi connectivity index (χ2n) is 5.66. The molecule has 0 saturated carbocycles. The summed E-state index contributed by atoms with van der Waals surface area (Å²) in [6, 6.07) is 5.60. The van der Waals surface area contributed by atoms with Crippen molar-refractivity contribution in [2.75, 3.05) is 40.0 Å². The summed E-state index contributed by atoms with van der Waals surface area (Å²) in [5.74, 6) is 1.96. The summed E-state index contributed by atoms with van der Waals surface area (Å²) in [6.07, 6.45) is -4.19. The molecule has 6 nitrogen and oxygen atoms in total. The normalized spacial score (nSPS) is 14.1. The van der Waals surface area contributed by atoms with Crippen LogP contribution in [0, 0.1) is 0 Å². The Hall–Kier alpha value is -2.16. The lowest BCUT2D eigenvalue weighted by molar-refractivity contribution is -0.142. The van der Waals surface area contributed by atoms with Crippen LogP contribution in [0.15, 0.2) is 23.2 Å². The molecule has 0 amide bonds. The van der Waals surface area contributed by atoms with Gasteiger partial charge in [-0.05, 0) is 31.7 Å². The topological polar surface area (TPSA) is 58.1 Å². The van der Waals surface area contributed by atoms with Crippen molar-refractivity contribution >= 4 is 5.96 Å². The van der Waals surface area contributed by atoms with E-state index in [2.05, 4.69) is 15.6 Å². The van der Waals surface area contributed by atoms with Gasteiger partial charge in [0.15, 0.2) is 17.5 Å². The number of aliphatic imine (C=N–C) groups is 1. The third kappa shape index (κ3) is 6.69. The lowest BCUT2D eigenvalue weighted by Crippen LogP contribution is -2.42. The molecule has 2 N–H and O–H groups in total. The first-order chi connectivity index (χ1) is 11.9. The van der Waals surface area contributed by atoms with Crippen LogP contribution in [0.25, 0.3) is 0 Å². The number of likely N-dealkylation sites (N-methyl/N-ethyl adjacent to an activating group) is 1. The zero-order valence-electron chi connectivity index (χ0n) is 14.3. The van der Waals surface area contributed by atoms with Crippen molar-refractivity contribution in [3.05, 3.63) is 23.8 Å². The number of fused-ring (bicyclic) bond motifs is 1. The van der Waals surface area contributed by atoms with Crippen molar-refractivity contribution in [3.63, 3.8) is 0 Å². The predicted molar refractivity (Wildman–Crippen MR) is 88.9 cm³/mol. The first-order valence-electron chi connectivity index (χ1n) is 8.03. The number of halogens is 3. The Labute approximate surface area is 145 Å². The molecule has 0 atom stereocenters. The average Bonchev–Trinajstić information content (AvgIpc) is 2.98. The Morgan fingerprint density at radius 2 is 2.00 bits per heavy atom. The number of benzene rings is 1. The Balaban J connectivity index is 1.83. The monoisotopic (exact) mass is 360 g/mol. The van der Waals surface area contributed by atoms with Crippen LogP contribution < -0.4 is 20.1 Å². The maximum absolute atomic E-state index is 12.3. The van der Waals surface area contributed by atoms with Gasteiger partial charge in [-0.25, -0.2) is 4.99 Å². The molecule has 0 radical (unpaired) electrons. The molecule has 9 heteroatoms. The van der Waals surface area contributed by atoms with Crippen LogP contribution >= 0.6 is 0 Å². The maximum Gasteiger partial charge on any atom is 0.401 e. The van der Waals surface area contributed by atoms with Crippen LogP contribution in [0.5, 0.6) is 11.5 Å². The minimum absolute atomic E-state index is 0.220. The summed E-state index contributed by atoms with van der Waals surface area (Å²) in [4.78, 5) is 5.65. The molecule has 0 saturated heterocycles. The number of nitrogens with zero attached hydrogens (tertiary/aromatic N) is 2. The van der Waals surface area contributed by atoms with E-state index in [4.69, 9.17) is 9.47 Å². The lowest BCUT2D eigenvalue weighted by atomic mass is 10.2. The molecule has 25 heavy (non-hydrogen) atoms. The van der Waals surface area contributed by atoms with Crippen LogP contribution in [0.2, 0.25) is 0 Å². The highest BCUT2D eigenvalue weighted by Gasteiger charge is 2.28. The van der Waals surface area contributed by atoms with E-state index in [0.717, 1.165) is 5.56 Å². The Kier molecular flexibility index (Phi) is 6.74. The van der Waals surface area contributed by atoms with Crippen molar-refractivity contribution in [1.29, 1.82) is 0 Å². The lowest BCUT2D eigenvalue weighted by Gasteiger charge is -2.19. The summed E-state index contributed by atoms with van der Waals surface area (Å²) < 4.78 is 47.5. The van der Waals surface area contributed by atoms with Crippen molar-refractivity contribution in [2.24, 2.45) is 4.99 Å². The van der Waals surface area contributed by atoms with Crippen molar-refractivity contribution in [3.8, 4) is 11.5 Å². The van der Waals surface area contributed by atoms with Crippen molar-refractivity contribution in [1.82, 2.24) is 15.5 Å². The molecule has 1 aliphatic heterocycles. The van der Waals surface area contributed by atoms with E-state index in [1.165, 1.54) is 11.9 Å². The second kappa shape index (κ2) is 8.80. The Morgan fingerprint density at radius 3 is 2.72 bits per heavy atom. The van der Waals surface area contributed by atoms with Crippen molar-refractivity contribution < 1.29 is 22.6 Å². The van der Waals surface area contributed by atoms with E-state index in [1.807, 2.05) is 25.1 Å². The molecule has 0 fully saturated rings. The van der Waals surface area contributed by atoms with E-state index < -0.39 is 12.7 Å². The van der Waals surface area contributed by atoms with Gasteiger partial charge >= 0.3 is 6.18 Å². The molecule has 0 aromatic heterocycles. The summed E-state index contributed by atoms with van der Waals surface area (Å²) in [5.41, 5.74) is 0.954. The van der Waals surface area contributed by atoms with Gasteiger partial charge in [-0.1, -0.05) is 6.07 Å².